The summed E-state index contributed by atoms with van der Waals surface area (Å²) < 4.78 is 10.9. The standard InChI is InChI=1S/C22H29N3O3/c1-2-27-20-10-6-5-9-18(20)23-22(26)21-15-19(24-28-21)16-11-13-25(14-12-16)17-7-3-4-8-17/h5-6,9-10,15-17H,2-4,7-8,11-14H2,1H3,(H,23,26). The molecule has 1 N–H and O–H groups in total. The van der Waals surface area contributed by atoms with Crippen LogP contribution in [0.1, 0.15) is 67.6 Å². The highest BCUT2D eigenvalue weighted by Gasteiger charge is 2.29. The van der Waals surface area contributed by atoms with E-state index >= 15 is 0 Å². The number of benzene rings is 1. The Hall–Kier alpha value is -2.34. The molecule has 1 aliphatic carbocycles. The molecule has 1 amide bonds. The highest BCUT2D eigenvalue weighted by atomic mass is 16.5. The molecule has 150 valence electrons. The number of para-hydroxylation sites is 2. The molecular weight excluding hydrogens is 354 g/mol. The molecule has 6 nitrogen and oxygen atoms in total. The lowest BCUT2D eigenvalue weighted by Crippen LogP contribution is -2.39. The topological polar surface area (TPSA) is 67.6 Å². The van der Waals surface area contributed by atoms with Crippen molar-refractivity contribution in [2.24, 2.45) is 0 Å². The second-order valence-electron chi connectivity index (χ2n) is 7.75. The highest BCUT2D eigenvalue weighted by molar-refractivity contribution is 6.03. The van der Waals surface area contributed by atoms with Crippen LogP contribution >= 0.6 is 0 Å². The van der Waals surface area contributed by atoms with Gasteiger partial charge in [0.15, 0.2) is 0 Å². The van der Waals surface area contributed by atoms with Gasteiger partial charge in [-0.3, -0.25) is 4.79 Å². The van der Waals surface area contributed by atoms with E-state index in [0.717, 1.165) is 37.7 Å². The number of nitrogens with zero attached hydrogens (tertiary/aromatic N) is 2. The van der Waals surface area contributed by atoms with E-state index in [-0.39, 0.29) is 11.7 Å². The molecular formula is C22H29N3O3. The van der Waals surface area contributed by atoms with Crippen LogP contribution in [0.2, 0.25) is 0 Å². The van der Waals surface area contributed by atoms with Gasteiger partial charge < -0.3 is 19.5 Å². The van der Waals surface area contributed by atoms with E-state index in [2.05, 4.69) is 15.4 Å². The lowest BCUT2D eigenvalue weighted by molar-refractivity contribution is 0.0987. The molecule has 1 aromatic heterocycles. The third-order valence-electron chi connectivity index (χ3n) is 5.98. The lowest BCUT2D eigenvalue weighted by atomic mass is 9.92. The zero-order valence-electron chi connectivity index (χ0n) is 16.5. The van der Waals surface area contributed by atoms with Crippen LogP contribution in [0.25, 0.3) is 0 Å². The van der Waals surface area contributed by atoms with Crippen molar-refractivity contribution >= 4 is 11.6 Å². The molecule has 6 heteroatoms. The Morgan fingerprint density at radius 2 is 1.96 bits per heavy atom. The van der Waals surface area contributed by atoms with E-state index in [0.29, 0.717) is 24.0 Å². The van der Waals surface area contributed by atoms with Gasteiger partial charge in [0.1, 0.15) is 5.75 Å². The van der Waals surface area contributed by atoms with Gasteiger partial charge in [0.25, 0.3) is 5.91 Å². The summed E-state index contributed by atoms with van der Waals surface area (Å²) in [6.45, 7) is 4.69. The molecule has 0 bridgehead atoms. The number of hydrogen-bond donors (Lipinski definition) is 1. The maximum atomic E-state index is 12.6. The van der Waals surface area contributed by atoms with Crippen LogP contribution in [0.3, 0.4) is 0 Å². The van der Waals surface area contributed by atoms with Gasteiger partial charge in [-0.25, -0.2) is 0 Å². The average Bonchev–Trinajstić information content (AvgIpc) is 3.42. The second-order valence-corrected chi connectivity index (χ2v) is 7.75. The molecule has 1 saturated heterocycles. The van der Waals surface area contributed by atoms with E-state index in [9.17, 15) is 4.79 Å². The zero-order valence-corrected chi connectivity index (χ0v) is 16.5. The van der Waals surface area contributed by atoms with Gasteiger partial charge in [0, 0.05) is 18.0 Å². The fourth-order valence-corrected chi connectivity index (χ4v) is 4.45. The zero-order chi connectivity index (χ0) is 19.3. The molecule has 0 spiro atoms. The number of amides is 1. The average molecular weight is 383 g/mol. The molecule has 1 aliphatic heterocycles. The van der Waals surface area contributed by atoms with Gasteiger partial charge in [-0.2, -0.15) is 0 Å². The molecule has 0 radical (unpaired) electrons. The lowest BCUT2D eigenvalue weighted by Gasteiger charge is -2.35. The fourth-order valence-electron chi connectivity index (χ4n) is 4.45. The first-order valence-corrected chi connectivity index (χ1v) is 10.5. The SMILES string of the molecule is CCOc1ccccc1NC(=O)c1cc(C2CCN(C3CCCC3)CC2)no1. The summed E-state index contributed by atoms with van der Waals surface area (Å²) in [6.07, 6.45) is 7.61. The Morgan fingerprint density at radius 3 is 2.71 bits per heavy atom. The Morgan fingerprint density at radius 1 is 1.21 bits per heavy atom. The minimum absolute atomic E-state index is 0.250. The molecule has 2 heterocycles. The van der Waals surface area contributed by atoms with Crippen LogP contribution < -0.4 is 10.1 Å². The number of rotatable bonds is 6. The number of anilines is 1. The van der Waals surface area contributed by atoms with Crippen LogP contribution in [-0.4, -0.2) is 41.7 Å². The van der Waals surface area contributed by atoms with Crippen LogP contribution in [-0.2, 0) is 0 Å². The van der Waals surface area contributed by atoms with E-state index in [1.54, 1.807) is 6.07 Å². The number of carbonyl (C=O) groups excluding carboxylic acids is 1. The maximum Gasteiger partial charge on any atom is 0.294 e. The number of carbonyl (C=O) groups is 1. The minimum atomic E-state index is -0.297. The second kappa shape index (κ2) is 8.78. The quantitative estimate of drug-likeness (QED) is 0.798. The van der Waals surface area contributed by atoms with Gasteiger partial charge in [-0.1, -0.05) is 30.1 Å². The van der Waals surface area contributed by atoms with Crippen molar-refractivity contribution < 1.29 is 14.1 Å². The highest BCUT2D eigenvalue weighted by Crippen LogP contribution is 2.32. The van der Waals surface area contributed by atoms with E-state index in [1.807, 2.05) is 31.2 Å². The number of ether oxygens (including phenoxy) is 1. The number of hydrogen-bond acceptors (Lipinski definition) is 5. The smallest absolute Gasteiger partial charge is 0.294 e. The first kappa shape index (κ1) is 19.0. The van der Waals surface area contributed by atoms with Crippen molar-refractivity contribution in [3.8, 4) is 5.75 Å². The van der Waals surface area contributed by atoms with Crippen LogP contribution in [0.5, 0.6) is 5.75 Å². The van der Waals surface area contributed by atoms with Crippen LogP contribution in [0, 0.1) is 0 Å². The molecule has 2 fully saturated rings. The van der Waals surface area contributed by atoms with E-state index in [4.69, 9.17) is 9.26 Å². The third-order valence-corrected chi connectivity index (χ3v) is 5.98. The monoisotopic (exact) mass is 383 g/mol. The summed E-state index contributed by atoms with van der Waals surface area (Å²) in [5.74, 6) is 0.977. The molecule has 0 atom stereocenters. The van der Waals surface area contributed by atoms with Crippen molar-refractivity contribution in [2.75, 3.05) is 25.0 Å². The molecule has 28 heavy (non-hydrogen) atoms. The third kappa shape index (κ3) is 4.22. The summed E-state index contributed by atoms with van der Waals surface area (Å²) in [5.41, 5.74) is 1.53. The van der Waals surface area contributed by atoms with Gasteiger partial charge in [-0.15, -0.1) is 0 Å². The molecule has 2 aromatic rings. The van der Waals surface area contributed by atoms with Gasteiger partial charge >= 0.3 is 0 Å². The number of nitrogens with one attached hydrogen (secondary N) is 1. The van der Waals surface area contributed by atoms with Crippen molar-refractivity contribution in [3.63, 3.8) is 0 Å². The van der Waals surface area contributed by atoms with Crippen molar-refractivity contribution in [1.82, 2.24) is 10.1 Å². The van der Waals surface area contributed by atoms with Crippen molar-refractivity contribution in [1.29, 1.82) is 0 Å². The van der Waals surface area contributed by atoms with Crippen LogP contribution in [0.15, 0.2) is 34.9 Å². The summed E-state index contributed by atoms with van der Waals surface area (Å²) in [4.78, 5) is 15.2. The summed E-state index contributed by atoms with van der Waals surface area (Å²) >= 11 is 0. The summed E-state index contributed by atoms with van der Waals surface area (Å²) in [5, 5.41) is 7.06. The number of aromatic nitrogens is 1. The first-order chi connectivity index (χ1) is 13.7. The molecule has 0 unspecified atom stereocenters. The van der Waals surface area contributed by atoms with Crippen molar-refractivity contribution in [2.45, 2.75) is 57.4 Å². The number of likely N-dealkylation sites (tertiary alicyclic amines) is 1. The normalized spacial score (nSPS) is 19.0. The predicted octanol–water partition coefficient (Wildman–Crippen LogP) is 4.45. The number of piperidine rings is 1. The Kier molecular flexibility index (Phi) is 5.95. The largest absolute Gasteiger partial charge is 0.492 e. The Bertz CT molecular complexity index is 790. The Balaban J connectivity index is 1.36. The van der Waals surface area contributed by atoms with Crippen molar-refractivity contribution in [3.05, 3.63) is 41.8 Å². The predicted molar refractivity (Wildman–Crippen MR) is 108 cm³/mol. The van der Waals surface area contributed by atoms with Gasteiger partial charge in [0.05, 0.1) is 18.0 Å². The fraction of sp³-hybridized carbons (Fsp3) is 0.545. The molecule has 4 rings (SSSR count). The maximum absolute atomic E-state index is 12.6. The first-order valence-electron chi connectivity index (χ1n) is 10.5. The van der Waals surface area contributed by atoms with E-state index < -0.39 is 0 Å². The minimum Gasteiger partial charge on any atom is -0.492 e. The van der Waals surface area contributed by atoms with Gasteiger partial charge in [-0.05, 0) is 57.8 Å². The Labute approximate surface area is 166 Å². The van der Waals surface area contributed by atoms with Crippen LogP contribution in [0.4, 0.5) is 5.69 Å². The summed E-state index contributed by atoms with van der Waals surface area (Å²) in [7, 11) is 0. The molecule has 1 saturated carbocycles. The van der Waals surface area contributed by atoms with E-state index in [1.165, 1.54) is 25.7 Å². The summed E-state index contributed by atoms with van der Waals surface area (Å²) in [6, 6.07) is 9.98. The molecule has 1 aromatic carbocycles. The van der Waals surface area contributed by atoms with Gasteiger partial charge in [0.2, 0.25) is 5.76 Å². The molecule has 2 aliphatic rings.